The summed E-state index contributed by atoms with van der Waals surface area (Å²) >= 11 is 0. The molecule has 3 rings (SSSR count). The number of rotatable bonds is 7. The first-order chi connectivity index (χ1) is 15.1. The van der Waals surface area contributed by atoms with Gasteiger partial charge in [0.1, 0.15) is 5.75 Å². The molecule has 0 saturated carbocycles. The second-order valence-electron chi connectivity index (χ2n) is 7.23. The highest BCUT2D eigenvalue weighted by atomic mass is 32.2. The lowest BCUT2D eigenvalue weighted by Crippen LogP contribution is -2.53. The van der Waals surface area contributed by atoms with Gasteiger partial charge in [-0.1, -0.05) is 0 Å². The Morgan fingerprint density at radius 2 is 1.66 bits per heavy atom. The molecule has 0 bridgehead atoms. The summed E-state index contributed by atoms with van der Waals surface area (Å²) in [5.74, 6) is -4.52. The standard InChI is InChI=1S/C21H24F3N3O4S/c1-3-31-15-4-6-16(7-5-15)32(29,30)27-12-10-26(11-13-27)14(2)21(28)25-18-9-8-17(22)19(23)20(18)24/h4-9,14H,3,10-13H2,1-2H3,(H,25,28). The van der Waals surface area contributed by atoms with Crippen molar-refractivity contribution in [2.75, 3.05) is 38.1 Å². The summed E-state index contributed by atoms with van der Waals surface area (Å²) in [6, 6.07) is 7.09. The highest BCUT2D eigenvalue weighted by Crippen LogP contribution is 2.23. The van der Waals surface area contributed by atoms with Crippen molar-refractivity contribution in [2.45, 2.75) is 24.8 Å². The minimum Gasteiger partial charge on any atom is -0.494 e. The first kappa shape index (κ1) is 24.0. The lowest BCUT2D eigenvalue weighted by Gasteiger charge is -2.36. The number of piperazine rings is 1. The Morgan fingerprint density at radius 1 is 1.03 bits per heavy atom. The van der Waals surface area contributed by atoms with Gasteiger partial charge in [0.15, 0.2) is 17.5 Å². The van der Waals surface area contributed by atoms with Gasteiger partial charge in [-0.2, -0.15) is 4.31 Å². The average molecular weight is 472 g/mol. The van der Waals surface area contributed by atoms with Gasteiger partial charge in [0.2, 0.25) is 15.9 Å². The van der Waals surface area contributed by atoms with Crippen LogP contribution in [0.1, 0.15) is 13.8 Å². The van der Waals surface area contributed by atoms with Crippen molar-refractivity contribution in [1.82, 2.24) is 9.21 Å². The Labute approximate surface area is 184 Å². The van der Waals surface area contributed by atoms with Gasteiger partial charge in [-0.3, -0.25) is 9.69 Å². The fraction of sp³-hybridized carbons (Fsp3) is 0.381. The number of nitrogens with zero attached hydrogens (tertiary/aromatic N) is 2. The third-order valence-corrected chi connectivity index (χ3v) is 7.18. The molecule has 7 nitrogen and oxygen atoms in total. The molecular weight excluding hydrogens is 447 g/mol. The van der Waals surface area contributed by atoms with Crippen LogP contribution in [0.15, 0.2) is 41.3 Å². The van der Waals surface area contributed by atoms with Gasteiger partial charge in [0.05, 0.1) is 23.2 Å². The minimum absolute atomic E-state index is 0.147. The number of benzene rings is 2. The number of carbonyl (C=O) groups is 1. The van der Waals surface area contributed by atoms with Crippen molar-refractivity contribution in [3.63, 3.8) is 0 Å². The monoisotopic (exact) mass is 471 g/mol. The zero-order valence-corrected chi connectivity index (χ0v) is 18.5. The molecule has 174 valence electrons. The summed E-state index contributed by atoms with van der Waals surface area (Å²) < 4.78 is 72.7. The average Bonchev–Trinajstić information content (AvgIpc) is 2.79. The molecule has 1 N–H and O–H groups in total. The molecule has 2 aromatic carbocycles. The fourth-order valence-electron chi connectivity index (χ4n) is 3.38. The van der Waals surface area contributed by atoms with E-state index in [9.17, 15) is 26.4 Å². The summed E-state index contributed by atoms with van der Waals surface area (Å²) in [4.78, 5) is 14.3. The van der Waals surface area contributed by atoms with Gasteiger partial charge in [-0.25, -0.2) is 21.6 Å². The van der Waals surface area contributed by atoms with Crippen LogP contribution in [-0.4, -0.2) is 62.4 Å². The van der Waals surface area contributed by atoms with Crippen LogP contribution in [0.2, 0.25) is 0 Å². The molecule has 1 fully saturated rings. The quantitative estimate of drug-likeness (QED) is 0.629. The molecule has 1 heterocycles. The molecule has 1 atom stereocenters. The van der Waals surface area contributed by atoms with Crippen LogP contribution in [0.4, 0.5) is 18.9 Å². The van der Waals surface area contributed by atoms with E-state index in [1.807, 2.05) is 6.92 Å². The predicted molar refractivity (Wildman–Crippen MR) is 112 cm³/mol. The number of carbonyl (C=O) groups excluding carboxylic acids is 1. The lowest BCUT2D eigenvalue weighted by atomic mass is 10.2. The fourth-order valence-corrected chi connectivity index (χ4v) is 4.80. The van der Waals surface area contributed by atoms with Crippen LogP contribution >= 0.6 is 0 Å². The number of nitrogens with one attached hydrogen (secondary N) is 1. The minimum atomic E-state index is -3.70. The maximum atomic E-state index is 13.8. The van der Waals surface area contributed by atoms with E-state index >= 15 is 0 Å². The van der Waals surface area contributed by atoms with Gasteiger partial charge in [-0.05, 0) is 50.2 Å². The lowest BCUT2D eigenvalue weighted by molar-refractivity contribution is -0.121. The van der Waals surface area contributed by atoms with Crippen molar-refractivity contribution < 1.29 is 31.1 Å². The summed E-state index contributed by atoms with van der Waals surface area (Å²) in [5, 5.41) is 2.25. The first-order valence-corrected chi connectivity index (χ1v) is 11.5. The summed E-state index contributed by atoms with van der Waals surface area (Å²) in [5.41, 5.74) is -0.461. The number of sulfonamides is 1. The van der Waals surface area contributed by atoms with Crippen LogP contribution in [0.3, 0.4) is 0 Å². The van der Waals surface area contributed by atoms with Crippen molar-refractivity contribution in [3.05, 3.63) is 53.8 Å². The summed E-state index contributed by atoms with van der Waals surface area (Å²) in [7, 11) is -3.70. The van der Waals surface area contributed by atoms with Gasteiger partial charge in [-0.15, -0.1) is 0 Å². The SMILES string of the molecule is CCOc1ccc(S(=O)(=O)N2CCN(C(C)C(=O)Nc3ccc(F)c(F)c3F)CC2)cc1. The van der Waals surface area contributed by atoms with E-state index in [4.69, 9.17) is 4.74 Å². The molecule has 1 aliphatic rings. The van der Waals surface area contributed by atoms with Crippen molar-refractivity contribution in [3.8, 4) is 5.75 Å². The van der Waals surface area contributed by atoms with E-state index in [0.717, 1.165) is 12.1 Å². The Bertz CT molecular complexity index is 1070. The normalized spacial score (nSPS) is 16.5. The van der Waals surface area contributed by atoms with Crippen LogP contribution < -0.4 is 10.1 Å². The maximum Gasteiger partial charge on any atom is 0.243 e. The highest BCUT2D eigenvalue weighted by molar-refractivity contribution is 7.89. The summed E-state index contributed by atoms with van der Waals surface area (Å²) in [6.45, 7) is 4.74. The molecule has 11 heteroatoms. The van der Waals surface area contributed by atoms with E-state index in [1.165, 1.54) is 16.4 Å². The molecule has 0 spiro atoms. The maximum absolute atomic E-state index is 13.8. The smallest absolute Gasteiger partial charge is 0.243 e. The highest BCUT2D eigenvalue weighted by Gasteiger charge is 2.32. The number of amides is 1. The van der Waals surface area contributed by atoms with Crippen molar-refractivity contribution in [2.24, 2.45) is 0 Å². The molecular formula is C21H24F3N3O4S. The third-order valence-electron chi connectivity index (χ3n) is 5.27. The van der Waals surface area contributed by atoms with E-state index in [-0.39, 0.29) is 31.1 Å². The van der Waals surface area contributed by atoms with E-state index in [0.29, 0.717) is 12.4 Å². The number of halogens is 3. The molecule has 1 unspecified atom stereocenters. The molecule has 32 heavy (non-hydrogen) atoms. The van der Waals surface area contributed by atoms with Crippen LogP contribution in [0.25, 0.3) is 0 Å². The largest absolute Gasteiger partial charge is 0.494 e. The second-order valence-corrected chi connectivity index (χ2v) is 9.17. The molecule has 2 aromatic rings. The molecule has 0 radical (unpaired) electrons. The number of ether oxygens (including phenoxy) is 1. The number of hydrogen-bond acceptors (Lipinski definition) is 5. The zero-order chi connectivity index (χ0) is 23.5. The molecule has 1 saturated heterocycles. The topological polar surface area (TPSA) is 79.0 Å². The summed E-state index contributed by atoms with van der Waals surface area (Å²) in [6.07, 6.45) is 0. The van der Waals surface area contributed by atoms with Gasteiger partial charge in [0.25, 0.3) is 0 Å². The Hall–Kier alpha value is -2.63. The number of hydrogen-bond donors (Lipinski definition) is 1. The van der Waals surface area contributed by atoms with E-state index in [1.54, 1.807) is 24.0 Å². The van der Waals surface area contributed by atoms with Crippen LogP contribution in [-0.2, 0) is 14.8 Å². The first-order valence-electron chi connectivity index (χ1n) is 10.1. The van der Waals surface area contributed by atoms with Crippen LogP contribution in [0.5, 0.6) is 5.75 Å². The van der Waals surface area contributed by atoms with E-state index < -0.39 is 45.1 Å². The van der Waals surface area contributed by atoms with Gasteiger partial charge < -0.3 is 10.1 Å². The molecule has 1 aliphatic heterocycles. The Kier molecular flexibility index (Phi) is 7.42. The van der Waals surface area contributed by atoms with Gasteiger partial charge in [0, 0.05) is 26.2 Å². The Balaban J connectivity index is 1.60. The Morgan fingerprint density at radius 3 is 2.25 bits per heavy atom. The van der Waals surface area contributed by atoms with E-state index in [2.05, 4.69) is 5.32 Å². The third kappa shape index (κ3) is 5.05. The van der Waals surface area contributed by atoms with Gasteiger partial charge >= 0.3 is 0 Å². The van der Waals surface area contributed by atoms with Crippen molar-refractivity contribution >= 4 is 21.6 Å². The predicted octanol–water partition coefficient (Wildman–Crippen LogP) is 2.84. The van der Waals surface area contributed by atoms with Crippen LogP contribution in [0, 0.1) is 17.5 Å². The molecule has 0 aromatic heterocycles. The molecule has 0 aliphatic carbocycles. The number of anilines is 1. The van der Waals surface area contributed by atoms with Crippen molar-refractivity contribution in [1.29, 1.82) is 0 Å². The second kappa shape index (κ2) is 9.88. The molecule has 1 amide bonds. The zero-order valence-electron chi connectivity index (χ0n) is 17.6.